The number of nitrogens with zero attached hydrogens (tertiary/aromatic N) is 1. The number of anilines is 3. The Kier molecular flexibility index (Phi) is 5.28. The first-order valence-corrected chi connectivity index (χ1v) is 16.4. The third kappa shape index (κ3) is 3.61. The van der Waals surface area contributed by atoms with Crippen molar-refractivity contribution in [1.82, 2.24) is 0 Å². The summed E-state index contributed by atoms with van der Waals surface area (Å²) in [6.07, 6.45) is 0.929. The molecule has 210 valence electrons. The van der Waals surface area contributed by atoms with E-state index in [0.717, 1.165) is 6.42 Å². The maximum Gasteiger partial charge on any atom is 0.0555 e. The molecule has 0 atom stereocenters. The van der Waals surface area contributed by atoms with Crippen LogP contribution in [0.4, 0.5) is 17.1 Å². The minimum Gasteiger partial charge on any atom is -0.309 e. The Morgan fingerprint density at radius 1 is 0.400 bits per heavy atom. The van der Waals surface area contributed by atoms with Crippen LogP contribution in [0.3, 0.4) is 0 Å². The summed E-state index contributed by atoms with van der Waals surface area (Å²) in [6, 6.07) is 56.2. The summed E-state index contributed by atoms with van der Waals surface area (Å²) in [5.74, 6) is 0. The molecule has 10 rings (SSSR count). The normalized spacial score (nSPS) is 12.4. The molecule has 1 aliphatic rings. The predicted octanol–water partition coefficient (Wildman–Crippen LogP) is 12.6. The van der Waals surface area contributed by atoms with Crippen molar-refractivity contribution in [3.8, 4) is 11.1 Å². The Morgan fingerprint density at radius 2 is 1.02 bits per heavy atom. The third-order valence-electron chi connectivity index (χ3n) is 9.69. The lowest BCUT2D eigenvalue weighted by atomic mass is 9.95. The zero-order valence-electron chi connectivity index (χ0n) is 24.5. The van der Waals surface area contributed by atoms with Crippen molar-refractivity contribution < 1.29 is 0 Å². The lowest BCUT2D eigenvalue weighted by Gasteiger charge is -2.30. The van der Waals surface area contributed by atoms with E-state index in [1.165, 1.54) is 91.8 Å². The Labute approximate surface area is 265 Å². The van der Waals surface area contributed by atoms with E-state index in [4.69, 9.17) is 0 Å². The molecule has 0 amide bonds. The third-order valence-corrected chi connectivity index (χ3v) is 10.8. The summed E-state index contributed by atoms with van der Waals surface area (Å²) in [6.45, 7) is 0. The first-order valence-electron chi connectivity index (χ1n) is 15.6. The molecule has 1 aromatic heterocycles. The van der Waals surface area contributed by atoms with Crippen LogP contribution in [0.2, 0.25) is 0 Å². The fourth-order valence-corrected chi connectivity index (χ4v) is 8.84. The Hall–Kier alpha value is -5.44. The molecule has 1 nitrogen and oxygen atoms in total. The Morgan fingerprint density at radius 3 is 2.00 bits per heavy atom. The molecule has 8 aromatic carbocycles. The molecule has 0 bridgehead atoms. The summed E-state index contributed by atoms with van der Waals surface area (Å²) < 4.78 is 2.63. The van der Waals surface area contributed by atoms with Gasteiger partial charge in [-0.2, -0.15) is 0 Å². The summed E-state index contributed by atoms with van der Waals surface area (Å²) in [5, 5.41) is 10.3. The van der Waals surface area contributed by atoms with Crippen molar-refractivity contribution in [2.24, 2.45) is 0 Å². The van der Waals surface area contributed by atoms with Crippen LogP contribution in [0.1, 0.15) is 11.1 Å². The van der Waals surface area contributed by atoms with Crippen molar-refractivity contribution in [3.63, 3.8) is 0 Å². The monoisotopic (exact) mass is 589 g/mol. The van der Waals surface area contributed by atoms with Gasteiger partial charge in [-0.1, -0.05) is 121 Å². The second kappa shape index (κ2) is 9.53. The highest BCUT2D eigenvalue weighted by Gasteiger charge is 2.27. The van der Waals surface area contributed by atoms with Crippen molar-refractivity contribution in [2.75, 3.05) is 4.90 Å². The molecular formula is C43H27NS. The van der Waals surface area contributed by atoms with Gasteiger partial charge < -0.3 is 4.90 Å². The number of rotatable bonds is 3. The van der Waals surface area contributed by atoms with Gasteiger partial charge in [0.25, 0.3) is 0 Å². The van der Waals surface area contributed by atoms with E-state index in [1.807, 2.05) is 11.3 Å². The number of hydrogen-bond donors (Lipinski definition) is 0. The SMILES string of the molecule is c1ccc2c(c1)Cc1c-2cccc1N(c1cccc2c1ccc1c3ccccc3ccc21)c1cccc2sc3ccccc3c12. The van der Waals surface area contributed by atoms with Gasteiger partial charge in [0, 0.05) is 32.0 Å². The van der Waals surface area contributed by atoms with Gasteiger partial charge in [0.15, 0.2) is 0 Å². The quantitative estimate of drug-likeness (QED) is 0.185. The molecule has 0 saturated heterocycles. The fraction of sp³-hybridized carbons (Fsp3) is 0.0233. The van der Waals surface area contributed by atoms with Gasteiger partial charge in [-0.15, -0.1) is 11.3 Å². The van der Waals surface area contributed by atoms with E-state index in [0.29, 0.717) is 0 Å². The topological polar surface area (TPSA) is 3.24 Å². The summed E-state index contributed by atoms with van der Waals surface area (Å²) in [4.78, 5) is 2.56. The second-order valence-electron chi connectivity index (χ2n) is 12.0. The van der Waals surface area contributed by atoms with Crippen LogP contribution in [0.25, 0.3) is 63.6 Å². The molecule has 1 aliphatic carbocycles. The van der Waals surface area contributed by atoms with Crippen LogP contribution >= 0.6 is 11.3 Å². The largest absolute Gasteiger partial charge is 0.309 e. The van der Waals surface area contributed by atoms with Gasteiger partial charge in [-0.25, -0.2) is 0 Å². The van der Waals surface area contributed by atoms with E-state index in [9.17, 15) is 0 Å². The van der Waals surface area contributed by atoms with E-state index in [-0.39, 0.29) is 0 Å². The van der Waals surface area contributed by atoms with Crippen molar-refractivity contribution in [1.29, 1.82) is 0 Å². The van der Waals surface area contributed by atoms with E-state index in [2.05, 4.69) is 157 Å². The van der Waals surface area contributed by atoms with Crippen LogP contribution in [0, 0.1) is 0 Å². The van der Waals surface area contributed by atoms with Crippen molar-refractivity contribution in [3.05, 3.63) is 163 Å². The molecule has 0 fully saturated rings. The first-order chi connectivity index (χ1) is 22.3. The van der Waals surface area contributed by atoms with Crippen LogP contribution < -0.4 is 4.90 Å². The predicted molar refractivity (Wildman–Crippen MR) is 195 cm³/mol. The molecule has 0 aliphatic heterocycles. The van der Waals surface area contributed by atoms with Gasteiger partial charge in [0.2, 0.25) is 0 Å². The van der Waals surface area contributed by atoms with Crippen LogP contribution in [0.5, 0.6) is 0 Å². The molecule has 0 saturated carbocycles. The van der Waals surface area contributed by atoms with Crippen LogP contribution in [-0.2, 0) is 6.42 Å². The number of benzene rings is 8. The molecule has 0 spiro atoms. The first kappa shape index (κ1) is 24.9. The standard InChI is InChI=1S/C43H27NS/c1-3-12-29-27(10-1)22-23-34-32-16-8-17-38(35(32)25-24-33(29)34)44(39-18-7-15-31-30-13-4-2-11-28(30)26-37(31)39)40-19-9-21-42-43(40)36-14-5-6-20-41(36)45-42/h1-25H,26H2. The average Bonchev–Trinajstić information content (AvgIpc) is 3.68. The molecule has 2 heteroatoms. The fourth-order valence-electron chi connectivity index (χ4n) is 7.72. The number of thiophene rings is 1. The molecular weight excluding hydrogens is 563 g/mol. The maximum atomic E-state index is 2.56. The van der Waals surface area contributed by atoms with Gasteiger partial charge in [0.1, 0.15) is 0 Å². The highest BCUT2D eigenvalue weighted by molar-refractivity contribution is 7.26. The zero-order valence-corrected chi connectivity index (χ0v) is 25.3. The summed E-state index contributed by atoms with van der Waals surface area (Å²) in [5.41, 5.74) is 9.15. The molecule has 45 heavy (non-hydrogen) atoms. The maximum absolute atomic E-state index is 2.56. The van der Waals surface area contributed by atoms with Crippen LogP contribution in [0.15, 0.2) is 152 Å². The lowest BCUT2D eigenvalue weighted by molar-refractivity contribution is 1.21. The molecule has 1 heterocycles. The highest BCUT2D eigenvalue weighted by Crippen LogP contribution is 2.50. The van der Waals surface area contributed by atoms with Crippen molar-refractivity contribution >= 4 is 80.9 Å². The molecule has 9 aromatic rings. The Balaban J connectivity index is 1.31. The summed E-state index contributed by atoms with van der Waals surface area (Å²) in [7, 11) is 0. The molecule has 0 unspecified atom stereocenters. The minimum atomic E-state index is 0.929. The minimum absolute atomic E-state index is 0.929. The van der Waals surface area contributed by atoms with E-state index in [1.54, 1.807) is 0 Å². The smallest absolute Gasteiger partial charge is 0.0555 e. The number of fused-ring (bicyclic) bond motifs is 11. The number of hydrogen-bond acceptors (Lipinski definition) is 2. The second-order valence-corrected chi connectivity index (χ2v) is 13.1. The van der Waals surface area contributed by atoms with Crippen molar-refractivity contribution in [2.45, 2.75) is 6.42 Å². The van der Waals surface area contributed by atoms with Crippen LogP contribution in [-0.4, -0.2) is 0 Å². The van der Waals surface area contributed by atoms with Gasteiger partial charge in [0.05, 0.1) is 17.1 Å². The van der Waals surface area contributed by atoms with E-state index >= 15 is 0 Å². The van der Waals surface area contributed by atoms with Gasteiger partial charge >= 0.3 is 0 Å². The average molecular weight is 590 g/mol. The Bertz CT molecular complexity index is 2640. The molecule has 0 N–H and O–H groups in total. The van der Waals surface area contributed by atoms with Gasteiger partial charge in [-0.05, 0) is 79.5 Å². The van der Waals surface area contributed by atoms with Gasteiger partial charge in [-0.3, -0.25) is 0 Å². The lowest BCUT2D eigenvalue weighted by Crippen LogP contribution is -2.13. The highest BCUT2D eigenvalue weighted by atomic mass is 32.1. The zero-order chi connectivity index (χ0) is 29.5. The summed E-state index contributed by atoms with van der Waals surface area (Å²) >= 11 is 1.88. The molecule has 0 radical (unpaired) electrons. The van der Waals surface area contributed by atoms with E-state index < -0.39 is 0 Å².